The number of hydrogen-bond donors (Lipinski definition) is 1. The van der Waals surface area contributed by atoms with Crippen LogP contribution in [0.15, 0.2) is 46.9 Å². The number of methoxy groups -OCH3 is 1. The van der Waals surface area contributed by atoms with E-state index in [0.29, 0.717) is 11.3 Å². The van der Waals surface area contributed by atoms with E-state index in [1.807, 2.05) is 24.3 Å². The first-order chi connectivity index (χ1) is 10.2. The highest BCUT2D eigenvalue weighted by molar-refractivity contribution is 9.10. The maximum Gasteiger partial charge on any atom is 0.132 e. The largest absolute Gasteiger partial charge is 0.497 e. The summed E-state index contributed by atoms with van der Waals surface area (Å²) < 4.78 is 20.4. The molecule has 1 unspecified atom stereocenters. The Kier molecular flexibility index (Phi) is 5.76. The van der Waals surface area contributed by atoms with Gasteiger partial charge in [-0.2, -0.15) is 0 Å². The van der Waals surface area contributed by atoms with Crippen molar-refractivity contribution in [2.45, 2.75) is 19.4 Å². The number of nitrogens with one attached hydrogen (secondary N) is 1. The van der Waals surface area contributed by atoms with Crippen molar-refractivity contribution >= 4 is 15.9 Å². The molecule has 2 aromatic carbocycles. The van der Waals surface area contributed by atoms with Crippen molar-refractivity contribution < 1.29 is 9.13 Å². The molecule has 0 spiro atoms. The Balaban J connectivity index is 2.37. The zero-order valence-electron chi connectivity index (χ0n) is 12.2. The Hall–Kier alpha value is -1.39. The molecule has 21 heavy (non-hydrogen) atoms. The van der Waals surface area contributed by atoms with Gasteiger partial charge in [-0.25, -0.2) is 4.39 Å². The van der Waals surface area contributed by atoms with Crippen LogP contribution in [0.25, 0.3) is 0 Å². The Labute approximate surface area is 133 Å². The van der Waals surface area contributed by atoms with Crippen LogP contribution in [0.4, 0.5) is 4.39 Å². The third-order valence-electron chi connectivity index (χ3n) is 3.32. The van der Waals surface area contributed by atoms with Crippen LogP contribution in [0.1, 0.15) is 30.5 Å². The third kappa shape index (κ3) is 4.05. The Morgan fingerprint density at radius 1 is 1.19 bits per heavy atom. The number of ether oxygens (including phenoxy) is 1. The number of benzene rings is 2. The topological polar surface area (TPSA) is 21.3 Å². The summed E-state index contributed by atoms with van der Waals surface area (Å²) in [7, 11) is 1.54. The molecule has 2 aromatic rings. The Morgan fingerprint density at radius 3 is 2.48 bits per heavy atom. The minimum Gasteiger partial charge on any atom is -0.497 e. The van der Waals surface area contributed by atoms with Gasteiger partial charge in [0.1, 0.15) is 11.6 Å². The van der Waals surface area contributed by atoms with E-state index in [1.54, 1.807) is 12.1 Å². The number of rotatable bonds is 6. The van der Waals surface area contributed by atoms with E-state index < -0.39 is 0 Å². The van der Waals surface area contributed by atoms with Crippen LogP contribution >= 0.6 is 15.9 Å². The predicted octanol–water partition coefficient (Wildman–Crippen LogP) is 4.69. The molecule has 0 aliphatic rings. The molecule has 0 bridgehead atoms. The molecule has 0 amide bonds. The summed E-state index contributed by atoms with van der Waals surface area (Å²) in [5, 5.41) is 3.40. The van der Waals surface area contributed by atoms with E-state index in [0.717, 1.165) is 23.0 Å². The second-order valence-corrected chi connectivity index (χ2v) is 5.74. The van der Waals surface area contributed by atoms with Gasteiger partial charge in [-0.15, -0.1) is 0 Å². The van der Waals surface area contributed by atoms with Crippen molar-refractivity contribution in [1.29, 1.82) is 0 Å². The van der Waals surface area contributed by atoms with Crippen molar-refractivity contribution in [3.8, 4) is 5.75 Å². The van der Waals surface area contributed by atoms with E-state index >= 15 is 0 Å². The average Bonchev–Trinajstić information content (AvgIpc) is 2.50. The van der Waals surface area contributed by atoms with Gasteiger partial charge in [-0.3, -0.25) is 0 Å². The normalized spacial score (nSPS) is 12.2. The second-order valence-electron chi connectivity index (χ2n) is 4.83. The molecule has 0 fully saturated rings. The molecule has 0 aromatic heterocycles. The van der Waals surface area contributed by atoms with Gasteiger partial charge in [0.15, 0.2) is 0 Å². The van der Waals surface area contributed by atoms with Crippen LogP contribution in [0.3, 0.4) is 0 Å². The maximum atomic E-state index is 14.4. The summed E-state index contributed by atoms with van der Waals surface area (Å²) in [6.07, 6.45) is 0.991. The molecule has 0 aliphatic heterocycles. The molecule has 0 radical (unpaired) electrons. The average molecular weight is 352 g/mol. The van der Waals surface area contributed by atoms with E-state index in [4.69, 9.17) is 4.74 Å². The molecule has 2 nitrogen and oxygen atoms in total. The fourth-order valence-corrected chi connectivity index (χ4v) is 2.48. The lowest BCUT2D eigenvalue weighted by Crippen LogP contribution is -2.24. The molecule has 112 valence electrons. The first-order valence-corrected chi connectivity index (χ1v) is 7.77. The van der Waals surface area contributed by atoms with Crippen molar-refractivity contribution in [3.05, 3.63) is 63.9 Å². The summed E-state index contributed by atoms with van der Waals surface area (Å²) in [6, 6.07) is 12.8. The van der Waals surface area contributed by atoms with Gasteiger partial charge in [0.2, 0.25) is 0 Å². The van der Waals surface area contributed by atoms with Crippen LogP contribution in [0.2, 0.25) is 0 Å². The molecule has 1 N–H and O–H groups in total. The highest BCUT2D eigenvalue weighted by Crippen LogP contribution is 2.28. The predicted molar refractivity (Wildman–Crippen MR) is 87.2 cm³/mol. The van der Waals surface area contributed by atoms with Crippen molar-refractivity contribution in [3.63, 3.8) is 0 Å². The van der Waals surface area contributed by atoms with E-state index in [9.17, 15) is 4.39 Å². The molecule has 1 atom stereocenters. The molecule has 4 heteroatoms. The van der Waals surface area contributed by atoms with Crippen molar-refractivity contribution in [2.24, 2.45) is 0 Å². The van der Waals surface area contributed by atoms with Crippen LogP contribution in [-0.4, -0.2) is 13.7 Å². The monoisotopic (exact) mass is 351 g/mol. The van der Waals surface area contributed by atoms with Gasteiger partial charge in [0.25, 0.3) is 0 Å². The zero-order chi connectivity index (χ0) is 15.2. The van der Waals surface area contributed by atoms with Crippen LogP contribution in [0.5, 0.6) is 5.75 Å². The molecule has 2 rings (SSSR count). The third-order valence-corrected chi connectivity index (χ3v) is 3.85. The first-order valence-electron chi connectivity index (χ1n) is 6.98. The van der Waals surface area contributed by atoms with Gasteiger partial charge in [0, 0.05) is 16.1 Å². The summed E-state index contributed by atoms with van der Waals surface area (Å²) in [4.78, 5) is 0. The summed E-state index contributed by atoms with van der Waals surface area (Å²) in [6.45, 7) is 2.92. The number of halogens is 2. The van der Waals surface area contributed by atoms with E-state index in [2.05, 4.69) is 28.2 Å². The molecule has 0 heterocycles. The summed E-state index contributed by atoms with van der Waals surface area (Å²) in [5.41, 5.74) is 1.67. The lowest BCUT2D eigenvalue weighted by atomic mass is 9.98. The first kappa shape index (κ1) is 16.0. The van der Waals surface area contributed by atoms with Gasteiger partial charge in [0.05, 0.1) is 13.2 Å². The van der Waals surface area contributed by atoms with Crippen molar-refractivity contribution in [2.75, 3.05) is 13.7 Å². The number of hydrogen-bond acceptors (Lipinski definition) is 2. The van der Waals surface area contributed by atoms with Crippen molar-refractivity contribution in [1.82, 2.24) is 5.32 Å². The van der Waals surface area contributed by atoms with Gasteiger partial charge >= 0.3 is 0 Å². The lowest BCUT2D eigenvalue weighted by Gasteiger charge is -2.20. The van der Waals surface area contributed by atoms with Gasteiger partial charge in [-0.05, 0) is 36.7 Å². The zero-order valence-corrected chi connectivity index (χ0v) is 13.8. The summed E-state index contributed by atoms with van der Waals surface area (Å²) in [5.74, 6) is 0.271. The van der Waals surface area contributed by atoms with Crippen LogP contribution < -0.4 is 10.1 Å². The van der Waals surface area contributed by atoms with Crippen LogP contribution in [-0.2, 0) is 0 Å². The maximum absolute atomic E-state index is 14.4. The minimum absolute atomic E-state index is 0.163. The molecular formula is C17H19BrFNO. The van der Waals surface area contributed by atoms with Gasteiger partial charge in [-0.1, -0.05) is 41.1 Å². The Bertz CT molecular complexity index is 586. The summed E-state index contributed by atoms with van der Waals surface area (Å²) >= 11 is 3.43. The minimum atomic E-state index is -0.258. The molecule has 0 saturated heterocycles. The molecule has 0 aliphatic carbocycles. The fraction of sp³-hybridized carbons (Fsp3) is 0.294. The second kappa shape index (κ2) is 7.57. The standard InChI is InChI=1S/C17H19BrFNO/c1-3-10-20-17(12-4-6-13(18)7-5-12)15-9-8-14(21-2)11-16(15)19/h4-9,11,17,20H,3,10H2,1-2H3. The Morgan fingerprint density at radius 2 is 1.90 bits per heavy atom. The smallest absolute Gasteiger partial charge is 0.132 e. The molecular weight excluding hydrogens is 333 g/mol. The lowest BCUT2D eigenvalue weighted by molar-refractivity contribution is 0.410. The molecule has 0 saturated carbocycles. The fourth-order valence-electron chi connectivity index (χ4n) is 2.22. The van der Waals surface area contributed by atoms with E-state index in [-0.39, 0.29) is 11.9 Å². The quantitative estimate of drug-likeness (QED) is 0.815. The van der Waals surface area contributed by atoms with Crippen LogP contribution in [0, 0.1) is 5.82 Å². The van der Waals surface area contributed by atoms with E-state index in [1.165, 1.54) is 13.2 Å². The highest BCUT2D eigenvalue weighted by Gasteiger charge is 2.17. The van der Waals surface area contributed by atoms with Gasteiger partial charge < -0.3 is 10.1 Å². The highest BCUT2D eigenvalue weighted by atomic mass is 79.9. The SMILES string of the molecule is CCCNC(c1ccc(Br)cc1)c1ccc(OC)cc1F.